The molecular formula is C16H28N2O3. The highest BCUT2D eigenvalue weighted by Gasteiger charge is 2.56. The Hall–Kier alpha value is -0.650. The van der Waals surface area contributed by atoms with E-state index in [4.69, 9.17) is 4.74 Å². The molecule has 3 atom stereocenters. The topological polar surface area (TPSA) is 61.8 Å². The number of ether oxygens (including phenoxy) is 1. The second-order valence-corrected chi connectivity index (χ2v) is 6.92. The summed E-state index contributed by atoms with van der Waals surface area (Å²) in [6, 6.07) is 0.359. The zero-order chi connectivity index (χ0) is 15.0. The van der Waals surface area contributed by atoms with Gasteiger partial charge in [0.05, 0.1) is 18.2 Å². The summed E-state index contributed by atoms with van der Waals surface area (Å²) in [5.41, 5.74) is -0.0564. The largest absolute Gasteiger partial charge is 0.392 e. The predicted molar refractivity (Wildman–Crippen MR) is 79.9 cm³/mol. The van der Waals surface area contributed by atoms with Gasteiger partial charge in [-0.05, 0) is 52.6 Å². The molecule has 0 aromatic heterocycles. The number of amides is 1. The molecule has 3 unspecified atom stereocenters. The monoisotopic (exact) mass is 296 g/mol. The van der Waals surface area contributed by atoms with E-state index in [1.54, 1.807) is 0 Å². The smallest absolute Gasteiger partial charge is 0.237 e. The first-order valence-electron chi connectivity index (χ1n) is 8.41. The standard InChI is InChI=1S/C16H28N2O3/c1-3-21-14-10-13(19)16(14)6-8-18(9-7-16)11(2)15(20)17-12-4-5-12/h11-14,19H,3-10H2,1-2H3,(H,17,20). The summed E-state index contributed by atoms with van der Waals surface area (Å²) in [6.45, 7) is 6.47. The zero-order valence-corrected chi connectivity index (χ0v) is 13.2. The van der Waals surface area contributed by atoms with Gasteiger partial charge in [-0.1, -0.05) is 0 Å². The average molecular weight is 296 g/mol. The Kier molecular flexibility index (Phi) is 4.26. The molecule has 1 aliphatic heterocycles. The molecule has 0 bridgehead atoms. The highest BCUT2D eigenvalue weighted by atomic mass is 16.5. The Morgan fingerprint density at radius 3 is 2.62 bits per heavy atom. The zero-order valence-electron chi connectivity index (χ0n) is 13.2. The van der Waals surface area contributed by atoms with Crippen LogP contribution in [-0.4, -0.2) is 59.9 Å². The molecule has 0 aromatic carbocycles. The van der Waals surface area contributed by atoms with E-state index in [1.807, 2.05) is 13.8 Å². The Morgan fingerprint density at radius 1 is 1.43 bits per heavy atom. The maximum absolute atomic E-state index is 12.1. The van der Waals surface area contributed by atoms with Crippen LogP contribution >= 0.6 is 0 Å². The van der Waals surface area contributed by atoms with Crippen molar-refractivity contribution in [3.05, 3.63) is 0 Å². The molecule has 2 aliphatic carbocycles. The minimum atomic E-state index is -0.230. The van der Waals surface area contributed by atoms with E-state index < -0.39 is 0 Å². The number of hydrogen-bond donors (Lipinski definition) is 2. The highest BCUT2D eigenvalue weighted by molar-refractivity contribution is 5.81. The molecular weight excluding hydrogens is 268 g/mol. The fourth-order valence-electron chi connectivity index (χ4n) is 3.86. The highest BCUT2D eigenvalue weighted by Crippen LogP contribution is 2.51. The van der Waals surface area contributed by atoms with Gasteiger partial charge >= 0.3 is 0 Å². The number of aliphatic hydroxyl groups excluding tert-OH is 1. The van der Waals surface area contributed by atoms with E-state index in [2.05, 4.69) is 10.2 Å². The van der Waals surface area contributed by atoms with Gasteiger partial charge in [0, 0.05) is 24.5 Å². The summed E-state index contributed by atoms with van der Waals surface area (Å²) in [6.07, 6.45) is 4.86. The van der Waals surface area contributed by atoms with Crippen LogP contribution in [0.2, 0.25) is 0 Å². The number of nitrogens with zero attached hydrogens (tertiary/aromatic N) is 1. The summed E-state index contributed by atoms with van der Waals surface area (Å²) < 4.78 is 5.79. The van der Waals surface area contributed by atoms with Crippen molar-refractivity contribution >= 4 is 5.91 Å². The van der Waals surface area contributed by atoms with Crippen molar-refractivity contribution in [3.8, 4) is 0 Å². The molecule has 1 heterocycles. The number of piperidine rings is 1. The quantitative estimate of drug-likeness (QED) is 0.791. The first-order valence-corrected chi connectivity index (χ1v) is 8.41. The summed E-state index contributed by atoms with van der Waals surface area (Å²) in [5, 5.41) is 13.3. The Labute approximate surface area is 127 Å². The number of aliphatic hydroxyl groups is 1. The maximum atomic E-state index is 12.1. The number of carbonyl (C=O) groups excluding carboxylic acids is 1. The summed E-state index contributed by atoms with van der Waals surface area (Å²) in [7, 11) is 0. The second-order valence-electron chi connectivity index (χ2n) is 6.92. The normalized spacial score (nSPS) is 33.5. The SMILES string of the molecule is CCOC1CC(O)C12CCN(C(C)C(=O)NC1CC1)CC2. The van der Waals surface area contributed by atoms with Crippen LogP contribution < -0.4 is 5.32 Å². The van der Waals surface area contributed by atoms with Crippen LogP contribution in [0.15, 0.2) is 0 Å². The van der Waals surface area contributed by atoms with Crippen molar-refractivity contribution in [1.82, 2.24) is 10.2 Å². The number of nitrogens with one attached hydrogen (secondary N) is 1. The first kappa shape index (κ1) is 15.3. The van der Waals surface area contributed by atoms with Gasteiger partial charge in [-0.3, -0.25) is 9.69 Å². The van der Waals surface area contributed by atoms with E-state index >= 15 is 0 Å². The lowest BCUT2D eigenvalue weighted by Crippen LogP contribution is -2.63. The number of rotatable bonds is 5. The Bertz CT molecular complexity index is 387. The molecule has 5 nitrogen and oxygen atoms in total. The maximum Gasteiger partial charge on any atom is 0.237 e. The molecule has 0 aromatic rings. The van der Waals surface area contributed by atoms with Crippen LogP contribution in [0.25, 0.3) is 0 Å². The van der Waals surface area contributed by atoms with Gasteiger partial charge in [0.1, 0.15) is 0 Å². The van der Waals surface area contributed by atoms with E-state index in [0.717, 1.165) is 45.2 Å². The fourth-order valence-corrected chi connectivity index (χ4v) is 3.86. The van der Waals surface area contributed by atoms with Crippen LogP contribution in [-0.2, 0) is 9.53 Å². The van der Waals surface area contributed by atoms with Crippen LogP contribution in [0.1, 0.15) is 46.0 Å². The van der Waals surface area contributed by atoms with Crippen LogP contribution in [0.5, 0.6) is 0 Å². The summed E-state index contributed by atoms with van der Waals surface area (Å²) in [5.74, 6) is 0.156. The van der Waals surface area contributed by atoms with Crippen LogP contribution in [0.4, 0.5) is 0 Å². The molecule has 1 amide bonds. The van der Waals surface area contributed by atoms with Gasteiger partial charge in [0.25, 0.3) is 0 Å². The van der Waals surface area contributed by atoms with Gasteiger partial charge in [-0.25, -0.2) is 0 Å². The van der Waals surface area contributed by atoms with E-state index in [0.29, 0.717) is 12.6 Å². The third kappa shape index (κ3) is 2.83. The molecule has 3 aliphatic rings. The van der Waals surface area contributed by atoms with Crippen molar-refractivity contribution in [3.63, 3.8) is 0 Å². The second kappa shape index (κ2) is 5.86. The number of carbonyl (C=O) groups is 1. The van der Waals surface area contributed by atoms with Crippen LogP contribution in [0, 0.1) is 5.41 Å². The average Bonchev–Trinajstić information content (AvgIpc) is 3.30. The minimum absolute atomic E-state index is 0.0564. The lowest BCUT2D eigenvalue weighted by Gasteiger charge is -2.57. The van der Waals surface area contributed by atoms with Gasteiger partial charge in [0.2, 0.25) is 5.91 Å². The van der Waals surface area contributed by atoms with Gasteiger partial charge < -0.3 is 15.2 Å². The van der Waals surface area contributed by atoms with Crippen molar-refractivity contribution < 1.29 is 14.6 Å². The third-order valence-corrected chi connectivity index (χ3v) is 5.69. The van der Waals surface area contributed by atoms with Gasteiger partial charge in [-0.2, -0.15) is 0 Å². The molecule has 120 valence electrons. The lowest BCUT2D eigenvalue weighted by molar-refractivity contribution is -0.210. The van der Waals surface area contributed by atoms with Crippen molar-refractivity contribution in [1.29, 1.82) is 0 Å². The van der Waals surface area contributed by atoms with E-state index in [-0.39, 0.29) is 29.6 Å². The number of likely N-dealkylation sites (tertiary alicyclic amines) is 1. The van der Waals surface area contributed by atoms with Crippen molar-refractivity contribution in [2.75, 3.05) is 19.7 Å². The summed E-state index contributed by atoms with van der Waals surface area (Å²) in [4.78, 5) is 14.4. The molecule has 3 rings (SSSR count). The summed E-state index contributed by atoms with van der Waals surface area (Å²) >= 11 is 0. The molecule has 5 heteroatoms. The van der Waals surface area contributed by atoms with Gasteiger partial charge in [-0.15, -0.1) is 0 Å². The molecule has 0 radical (unpaired) electrons. The Balaban J connectivity index is 1.53. The third-order valence-electron chi connectivity index (χ3n) is 5.69. The predicted octanol–water partition coefficient (Wildman–Crippen LogP) is 0.905. The molecule has 2 N–H and O–H groups in total. The first-order chi connectivity index (χ1) is 10.1. The molecule has 2 saturated carbocycles. The fraction of sp³-hybridized carbons (Fsp3) is 0.938. The molecule has 21 heavy (non-hydrogen) atoms. The van der Waals surface area contributed by atoms with Crippen molar-refractivity contribution in [2.45, 2.75) is 70.2 Å². The minimum Gasteiger partial charge on any atom is -0.392 e. The molecule has 3 fully saturated rings. The molecule has 1 spiro atoms. The van der Waals surface area contributed by atoms with Crippen molar-refractivity contribution in [2.24, 2.45) is 5.41 Å². The molecule has 1 saturated heterocycles. The van der Waals surface area contributed by atoms with Gasteiger partial charge in [0.15, 0.2) is 0 Å². The van der Waals surface area contributed by atoms with E-state index in [9.17, 15) is 9.90 Å². The Morgan fingerprint density at radius 2 is 2.10 bits per heavy atom. The number of hydrogen-bond acceptors (Lipinski definition) is 4. The lowest BCUT2D eigenvalue weighted by atomic mass is 9.58. The van der Waals surface area contributed by atoms with E-state index in [1.165, 1.54) is 0 Å². The van der Waals surface area contributed by atoms with Crippen LogP contribution in [0.3, 0.4) is 0 Å².